The van der Waals surface area contributed by atoms with Gasteiger partial charge < -0.3 is 31.3 Å². The van der Waals surface area contributed by atoms with E-state index in [2.05, 4.69) is 5.32 Å². The summed E-state index contributed by atoms with van der Waals surface area (Å²) in [7, 11) is 0. The highest BCUT2D eigenvalue weighted by atomic mass is 16.4. The highest BCUT2D eigenvalue weighted by Gasteiger charge is 2.38. The summed E-state index contributed by atoms with van der Waals surface area (Å²) in [4.78, 5) is 58.1. The zero-order valence-electron chi connectivity index (χ0n) is 13.4. The molecule has 25 heavy (non-hydrogen) atoms. The number of amides is 2. The second kappa shape index (κ2) is 8.97. The molecule has 1 heterocycles. The molecular formula is C14H21N3O8. The summed E-state index contributed by atoms with van der Waals surface area (Å²) in [6.07, 6.45) is -0.619. The molecule has 6 N–H and O–H groups in total. The molecule has 1 rings (SSSR count). The zero-order valence-corrected chi connectivity index (χ0v) is 13.4. The third-order valence-corrected chi connectivity index (χ3v) is 3.81. The Bertz CT molecular complexity index is 564. The summed E-state index contributed by atoms with van der Waals surface area (Å²) in [5.41, 5.74) is 5.42. The van der Waals surface area contributed by atoms with Gasteiger partial charge in [-0.25, -0.2) is 4.79 Å². The molecule has 1 aliphatic heterocycles. The minimum atomic E-state index is -1.41. The lowest BCUT2D eigenvalue weighted by Crippen LogP contribution is -2.54. The van der Waals surface area contributed by atoms with Crippen LogP contribution in [-0.2, 0) is 24.0 Å². The van der Waals surface area contributed by atoms with Gasteiger partial charge in [0, 0.05) is 13.0 Å². The van der Waals surface area contributed by atoms with Crippen molar-refractivity contribution in [3.8, 4) is 0 Å². The lowest BCUT2D eigenvalue weighted by Gasteiger charge is -2.27. The van der Waals surface area contributed by atoms with Crippen molar-refractivity contribution < 1.29 is 39.3 Å². The van der Waals surface area contributed by atoms with Gasteiger partial charge in [0.15, 0.2) is 0 Å². The van der Waals surface area contributed by atoms with E-state index in [-0.39, 0.29) is 19.4 Å². The van der Waals surface area contributed by atoms with E-state index in [1.165, 1.54) is 0 Å². The number of nitrogens with two attached hydrogens (primary N) is 1. The van der Waals surface area contributed by atoms with Crippen LogP contribution in [0.5, 0.6) is 0 Å². The first-order chi connectivity index (χ1) is 11.6. The maximum absolute atomic E-state index is 12.6. The predicted molar refractivity (Wildman–Crippen MR) is 81.4 cm³/mol. The molecule has 0 aliphatic carbocycles. The maximum Gasteiger partial charge on any atom is 0.326 e. The normalized spacial score (nSPS) is 19.1. The molecule has 140 valence electrons. The average molecular weight is 359 g/mol. The topological polar surface area (TPSA) is 187 Å². The second-order valence-corrected chi connectivity index (χ2v) is 5.73. The van der Waals surface area contributed by atoms with Crippen LogP contribution in [0.25, 0.3) is 0 Å². The van der Waals surface area contributed by atoms with Gasteiger partial charge in [-0.05, 0) is 19.3 Å². The van der Waals surface area contributed by atoms with E-state index in [4.69, 9.17) is 21.1 Å². The number of likely N-dealkylation sites (tertiary alicyclic amines) is 1. The highest BCUT2D eigenvalue weighted by molar-refractivity contribution is 5.93. The number of aliphatic carboxylic acids is 3. The molecule has 0 bridgehead atoms. The van der Waals surface area contributed by atoms with Crippen LogP contribution in [0.3, 0.4) is 0 Å². The first-order valence-electron chi connectivity index (χ1n) is 7.66. The molecule has 0 aromatic rings. The molecule has 11 nitrogen and oxygen atoms in total. The van der Waals surface area contributed by atoms with Crippen LogP contribution in [-0.4, -0.2) is 74.6 Å². The molecule has 0 spiro atoms. The number of carbonyl (C=O) groups excluding carboxylic acids is 2. The molecule has 0 radical (unpaired) electrons. The van der Waals surface area contributed by atoms with E-state index in [1.807, 2.05) is 0 Å². The molecule has 0 saturated carbocycles. The van der Waals surface area contributed by atoms with Crippen LogP contribution in [0.2, 0.25) is 0 Å². The molecule has 0 aromatic carbocycles. The summed E-state index contributed by atoms with van der Waals surface area (Å²) in [6, 6.07) is -3.74. The van der Waals surface area contributed by atoms with Crippen LogP contribution < -0.4 is 11.1 Å². The van der Waals surface area contributed by atoms with Crippen molar-refractivity contribution in [2.75, 3.05) is 6.54 Å². The Labute approximate surface area is 142 Å². The SMILES string of the molecule is NC(CC(=O)O)C(=O)NC(CCC(=O)O)C(=O)N1CCCC1C(=O)O. The fourth-order valence-corrected chi connectivity index (χ4v) is 2.57. The number of rotatable bonds is 9. The minimum absolute atomic E-state index is 0.177. The quantitative estimate of drug-likeness (QED) is 0.317. The monoisotopic (exact) mass is 359 g/mol. The Morgan fingerprint density at radius 1 is 1.12 bits per heavy atom. The first kappa shape index (κ1) is 20.4. The van der Waals surface area contributed by atoms with Gasteiger partial charge in [-0.15, -0.1) is 0 Å². The van der Waals surface area contributed by atoms with E-state index in [0.29, 0.717) is 6.42 Å². The van der Waals surface area contributed by atoms with E-state index >= 15 is 0 Å². The van der Waals surface area contributed by atoms with Crippen molar-refractivity contribution in [1.82, 2.24) is 10.2 Å². The Hall–Kier alpha value is -2.69. The Kier molecular flexibility index (Phi) is 7.30. The van der Waals surface area contributed by atoms with E-state index in [1.54, 1.807) is 0 Å². The van der Waals surface area contributed by atoms with Crippen LogP contribution in [0.1, 0.15) is 32.1 Å². The fraction of sp³-hybridized carbons (Fsp3) is 0.643. The van der Waals surface area contributed by atoms with Gasteiger partial charge in [0.05, 0.1) is 12.5 Å². The van der Waals surface area contributed by atoms with Crippen molar-refractivity contribution in [1.29, 1.82) is 0 Å². The van der Waals surface area contributed by atoms with E-state index < -0.39 is 60.7 Å². The number of carboxylic acids is 3. The van der Waals surface area contributed by atoms with E-state index in [9.17, 15) is 24.0 Å². The lowest BCUT2D eigenvalue weighted by molar-refractivity contribution is -0.150. The number of nitrogens with one attached hydrogen (secondary N) is 1. The molecule has 2 amide bonds. The van der Waals surface area contributed by atoms with Gasteiger partial charge in [0.1, 0.15) is 12.1 Å². The van der Waals surface area contributed by atoms with Crippen LogP contribution in [0.15, 0.2) is 0 Å². The van der Waals surface area contributed by atoms with Crippen molar-refractivity contribution in [2.45, 2.75) is 50.2 Å². The van der Waals surface area contributed by atoms with Gasteiger partial charge in [-0.3, -0.25) is 19.2 Å². The second-order valence-electron chi connectivity index (χ2n) is 5.73. The molecule has 11 heteroatoms. The summed E-state index contributed by atoms with van der Waals surface area (Å²) in [5.74, 6) is -5.32. The van der Waals surface area contributed by atoms with Gasteiger partial charge in [-0.2, -0.15) is 0 Å². The standard InChI is InChI=1S/C14H21N3O8/c15-7(6-11(20)21)12(22)16-8(3-4-10(18)19)13(23)17-5-1-2-9(17)14(24)25/h7-9H,1-6,15H2,(H,16,22)(H,18,19)(H,20,21)(H,24,25). The summed E-state index contributed by atoms with van der Waals surface area (Å²) in [6.45, 7) is 0.177. The highest BCUT2D eigenvalue weighted by Crippen LogP contribution is 2.19. The largest absolute Gasteiger partial charge is 0.481 e. The smallest absolute Gasteiger partial charge is 0.326 e. The summed E-state index contributed by atoms with van der Waals surface area (Å²) in [5, 5.41) is 28.8. The van der Waals surface area contributed by atoms with Gasteiger partial charge >= 0.3 is 17.9 Å². The summed E-state index contributed by atoms with van der Waals surface area (Å²) >= 11 is 0. The van der Waals surface area contributed by atoms with Gasteiger partial charge in [0.2, 0.25) is 11.8 Å². The van der Waals surface area contributed by atoms with Gasteiger partial charge in [0.25, 0.3) is 0 Å². The Morgan fingerprint density at radius 2 is 1.76 bits per heavy atom. The molecule has 0 aromatic heterocycles. The number of hydrogen-bond acceptors (Lipinski definition) is 6. The molecular weight excluding hydrogens is 338 g/mol. The maximum atomic E-state index is 12.6. The zero-order chi connectivity index (χ0) is 19.1. The molecule has 1 saturated heterocycles. The van der Waals surface area contributed by atoms with Crippen LogP contribution >= 0.6 is 0 Å². The third-order valence-electron chi connectivity index (χ3n) is 3.81. The van der Waals surface area contributed by atoms with Crippen molar-refractivity contribution in [3.05, 3.63) is 0 Å². The number of carbonyl (C=O) groups is 5. The first-order valence-corrected chi connectivity index (χ1v) is 7.66. The van der Waals surface area contributed by atoms with Crippen LogP contribution in [0.4, 0.5) is 0 Å². The van der Waals surface area contributed by atoms with Gasteiger partial charge in [-0.1, -0.05) is 0 Å². The summed E-state index contributed by atoms with van der Waals surface area (Å²) < 4.78 is 0. The Balaban J connectivity index is 2.86. The molecule has 3 atom stereocenters. The molecule has 1 fully saturated rings. The molecule has 3 unspecified atom stereocenters. The van der Waals surface area contributed by atoms with E-state index in [0.717, 1.165) is 4.90 Å². The fourth-order valence-electron chi connectivity index (χ4n) is 2.57. The number of nitrogens with zero attached hydrogens (tertiary/aromatic N) is 1. The number of hydrogen-bond donors (Lipinski definition) is 5. The van der Waals surface area contributed by atoms with Crippen molar-refractivity contribution >= 4 is 29.7 Å². The average Bonchev–Trinajstić information content (AvgIpc) is 2.99. The minimum Gasteiger partial charge on any atom is -0.481 e. The molecule has 1 aliphatic rings. The Morgan fingerprint density at radius 3 is 2.28 bits per heavy atom. The number of carboxylic acid groups (broad SMARTS) is 3. The van der Waals surface area contributed by atoms with Crippen molar-refractivity contribution in [3.63, 3.8) is 0 Å². The third kappa shape index (κ3) is 6.03. The van der Waals surface area contributed by atoms with Crippen molar-refractivity contribution in [2.24, 2.45) is 5.73 Å². The van der Waals surface area contributed by atoms with Crippen LogP contribution in [0, 0.1) is 0 Å². The lowest BCUT2D eigenvalue weighted by atomic mass is 10.1. The predicted octanol–water partition coefficient (Wildman–Crippen LogP) is -1.79.